The van der Waals surface area contributed by atoms with Crippen LogP contribution in [0.4, 0.5) is 8.78 Å². The Balaban J connectivity index is 2.26. The highest BCUT2D eigenvalue weighted by Crippen LogP contribution is 2.08. The van der Waals surface area contributed by atoms with Crippen LogP contribution in [0.25, 0.3) is 0 Å². The molecule has 0 unspecified atom stereocenters. The third-order valence-electron chi connectivity index (χ3n) is 2.24. The lowest BCUT2D eigenvalue weighted by molar-refractivity contribution is -0.120. The third-order valence-corrected chi connectivity index (χ3v) is 2.24. The molecule has 0 aliphatic heterocycles. The van der Waals surface area contributed by atoms with Gasteiger partial charge in [0.25, 0.3) is 0 Å². The number of methoxy groups -OCH3 is 1. The zero-order valence-electron chi connectivity index (χ0n) is 10.1. The Hall–Kier alpha value is -1.53. The average Bonchev–Trinajstić information content (AvgIpc) is 2.32. The van der Waals surface area contributed by atoms with Crippen LogP contribution in [0.3, 0.4) is 0 Å². The first-order valence-corrected chi connectivity index (χ1v) is 5.53. The second-order valence-electron chi connectivity index (χ2n) is 3.68. The van der Waals surface area contributed by atoms with Crippen molar-refractivity contribution in [1.82, 2.24) is 10.6 Å². The highest BCUT2D eigenvalue weighted by molar-refractivity contribution is 5.77. The molecule has 6 heteroatoms. The maximum Gasteiger partial charge on any atom is 0.234 e. The number of amides is 1. The SMILES string of the molecule is COCCNC(=O)CNCc1ccc(F)cc1F. The van der Waals surface area contributed by atoms with Crippen LogP contribution in [0.5, 0.6) is 0 Å². The zero-order valence-corrected chi connectivity index (χ0v) is 10.1. The van der Waals surface area contributed by atoms with E-state index >= 15 is 0 Å². The number of halogens is 2. The summed E-state index contributed by atoms with van der Waals surface area (Å²) in [5.41, 5.74) is 0.320. The smallest absolute Gasteiger partial charge is 0.234 e. The maximum absolute atomic E-state index is 13.2. The number of hydrogen-bond donors (Lipinski definition) is 2. The van der Waals surface area contributed by atoms with Crippen molar-refractivity contribution < 1.29 is 18.3 Å². The summed E-state index contributed by atoms with van der Waals surface area (Å²) in [6.07, 6.45) is 0. The van der Waals surface area contributed by atoms with Crippen LogP contribution in [-0.4, -0.2) is 32.7 Å². The summed E-state index contributed by atoms with van der Waals surface area (Å²) in [4.78, 5) is 11.3. The molecule has 0 aliphatic carbocycles. The van der Waals surface area contributed by atoms with Crippen molar-refractivity contribution in [2.75, 3.05) is 26.8 Å². The van der Waals surface area contributed by atoms with Crippen molar-refractivity contribution in [1.29, 1.82) is 0 Å². The number of carbonyl (C=O) groups excluding carboxylic acids is 1. The molecular weight excluding hydrogens is 242 g/mol. The number of hydrogen-bond acceptors (Lipinski definition) is 3. The van der Waals surface area contributed by atoms with Gasteiger partial charge in [0.1, 0.15) is 11.6 Å². The summed E-state index contributed by atoms with van der Waals surface area (Å²) in [5.74, 6) is -1.44. The van der Waals surface area contributed by atoms with Crippen LogP contribution in [0.2, 0.25) is 0 Å². The lowest BCUT2D eigenvalue weighted by Crippen LogP contribution is -2.35. The summed E-state index contributed by atoms with van der Waals surface area (Å²) >= 11 is 0. The highest BCUT2D eigenvalue weighted by atomic mass is 19.1. The van der Waals surface area contributed by atoms with E-state index in [2.05, 4.69) is 10.6 Å². The molecule has 0 atom stereocenters. The molecule has 1 rings (SSSR count). The van der Waals surface area contributed by atoms with Gasteiger partial charge in [0.15, 0.2) is 0 Å². The molecule has 18 heavy (non-hydrogen) atoms. The second kappa shape index (κ2) is 7.73. The van der Waals surface area contributed by atoms with Gasteiger partial charge in [0.05, 0.1) is 13.2 Å². The van der Waals surface area contributed by atoms with E-state index in [0.29, 0.717) is 18.7 Å². The molecule has 0 radical (unpaired) electrons. The Morgan fingerprint density at radius 3 is 2.83 bits per heavy atom. The van der Waals surface area contributed by atoms with Crippen LogP contribution in [0, 0.1) is 11.6 Å². The predicted octanol–water partition coefficient (Wildman–Crippen LogP) is 0.817. The van der Waals surface area contributed by atoms with Gasteiger partial charge in [-0.25, -0.2) is 8.78 Å². The van der Waals surface area contributed by atoms with E-state index in [1.165, 1.54) is 12.1 Å². The lowest BCUT2D eigenvalue weighted by Gasteiger charge is -2.07. The molecule has 0 aliphatic rings. The fourth-order valence-electron chi connectivity index (χ4n) is 1.33. The van der Waals surface area contributed by atoms with Crippen molar-refractivity contribution in [2.24, 2.45) is 0 Å². The van der Waals surface area contributed by atoms with Crippen molar-refractivity contribution in [3.8, 4) is 0 Å². The summed E-state index contributed by atoms with van der Waals surface area (Å²) < 4.78 is 30.6. The minimum atomic E-state index is -0.623. The van der Waals surface area contributed by atoms with Crippen molar-refractivity contribution in [3.05, 3.63) is 35.4 Å². The predicted molar refractivity (Wildman–Crippen MR) is 63.0 cm³/mol. The van der Waals surface area contributed by atoms with E-state index in [4.69, 9.17) is 4.74 Å². The minimum absolute atomic E-state index is 0.0700. The standard InChI is InChI=1S/C12H16F2N2O2/c1-18-5-4-16-12(17)8-15-7-9-2-3-10(13)6-11(9)14/h2-3,6,15H,4-5,7-8H2,1H3,(H,16,17). The maximum atomic E-state index is 13.2. The van der Waals surface area contributed by atoms with Crippen molar-refractivity contribution >= 4 is 5.91 Å². The minimum Gasteiger partial charge on any atom is -0.383 e. The molecule has 0 spiro atoms. The average molecular weight is 258 g/mol. The van der Waals surface area contributed by atoms with E-state index in [1.807, 2.05) is 0 Å². The van der Waals surface area contributed by atoms with E-state index in [0.717, 1.165) is 6.07 Å². The first-order valence-electron chi connectivity index (χ1n) is 5.53. The van der Waals surface area contributed by atoms with Crippen molar-refractivity contribution in [2.45, 2.75) is 6.54 Å². The van der Waals surface area contributed by atoms with Gasteiger partial charge in [-0.1, -0.05) is 6.07 Å². The van der Waals surface area contributed by atoms with Crippen LogP contribution in [0.15, 0.2) is 18.2 Å². The summed E-state index contributed by atoms with van der Waals surface area (Å²) in [5, 5.41) is 5.39. The number of rotatable bonds is 7. The molecular formula is C12H16F2N2O2. The molecule has 0 heterocycles. The van der Waals surface area contributed by atoms with Crippen LogP contribution < -0.4 is 10.6 Å². The summed E-state index contributed by atoms with van der Waals surface area (Å²) in [7, 11) is 1.54. The molecule has 0 saturated heterocycles. The fourth-order valence-corrected chi connectivity index (χ4v) is 1.33. The van der Waals surface area contributed by atoms with E-state index < -0.39 is 11.6 Å². The van der Waals surface area contributed by atoms with Crippen molar-refractivity contribution in [3.63, 3.8) is 0 Å². The Morgan fingerprint density at radius 1 is 1.39 bits per heavy atom. The first-order chi connectivity index (χ1) is 8.63. The van der Waals surface area contributed by atoms with Gasteiger partial charge < -0.3 is 15.4 Å². The Labute approximate surface area is 104 Å². The number of nitrogens with one attached hydrogen (secondary N) is 2. The van der Waals surface area contributed by atoms with Gasteiger partial charge in [0, 0.05) is 31.8 Å². The molecule has 0 aromatic heterocycles. The monoisotopic (exact) mass is 258 g/mol. The Morgan fingerprint density at radius 2 is 2.17 bits per heavy atom. The number of carbonyl (C=O) groups is 1. The third kappa shape index (κ3) is 5.20. The van der Waals surface area contributed by atoms with Gasteiger partial charge in [-0.05, 0) is 6.07 Å². The highest BCUT2D eigenvalue weighted by Gasteiger charge is 2.04. The molecule has 100 valence electrons. The van der Waals surface area contributed by atoms with Gasteiger partial charge in [0.2, 0.25) is 5.91 Å². The van der Waals surface area contributed by atoms with E-state index in [-0.39, 0.29) is 19.0 Å². The van der Waals surface area contributed by atoms with Gasteiger partial charge in [-0.3, -0.25) is 4.79 Å². The fraction of sp³-hybridized carbons (Fsp3) is 0.417. The van der Waals surface area contributed by atoms with E-state index in [9.17, 15) is 13.6 Å². The first kappa shape index (κ1) is 14.5. The van der Waals surface area contributed by atoms with E-state index in [1.54, 1.807) is 7.11 Å². The second-order valence-corrected chi connectivity index (χ2v) is 3.68. The molecule has 1 amide bonds. The molecule has 0 bridgehead atoms. The Bertz CT molecular complexity index is 400. The largest absolute Gasteiger partial charge is 0.383 e. The molecule has 4 nitrogen and oxygen atoms in total. The number of benzene rings is 1. The summed E-state index contributed by atoms with van der Waals surface area (Å²) in [6, 6.07) is 3.34. The molecule has 1 aromatic rings. The molecule has 1 aromatic carbocycles. The normalized spacial score (nSPS) is 10.4. The number of ether oxygens (including phenoxy) is 1. The zero-order chi connectivity index (χ0) is 13.4. The summed E-state index contributed by atoms with van der Waals surface area (Å²) in [6.45, 7) is 1.12. The van der Waals surface area contributed by atoms with Gasteiger partial charge >= 0.3 is 0 Å². The van der Waals surface area contributed by atoms with Gasteiger partial charge in [-0.2, -0.15) is 0 Å². The topological polar surface area (TPSA) is 50.4 Å². The molecule has 2 N–H and O–H groups in total. The van der Waals surface area contributed by atoms with Crippen LogP contribution in [-0.2, 0) is 16.1 Å². The van der Waals surface area contributed by atoms with Crippen LogP contribution in [0.1, 0.15) is 5.56 Å². The van der Waals surface area contributed by atoms with Gasteiger partial charge in [-0.15, -0.1) is 0 Å². The Kier molecular flexibility index (Phi) is 6.24. The quantitative estimate of drug-likeness (QED) is 0.712. The molecule has 0 saturated carbocycles. The van der Waals surface area contributed by atoms with Crippen LogP contribution >= 0.6 is 0 Å². The molecule has 0 fully saturated rings. The lowest BCUT2D eigenvalue weighted by atomic mass is 10.2.